The van der Waals surface area contributed by atoms with Gasteiger partial charge in [-0.15, -0.1) is 40.4 Å². The summed E-state index contributed by atoms with van der Waals surface area (Å²) in [6.45, 7) is 8.01. The van der Waals surface area contributed by atoms with E-state index in [1.165, 1.54) is 52.9 Å². The maximum Gasteiger partial charge on any atom is 0.188 e. The smallest absolute Gasteiger partial charge is 0.188 e. The van der Waals surface area contributed by atoms with Crippen molar-refractivity contribution in [1.82, 2.24) is 84.7 Å². The van der Waals surface area contributed by atoms with Crippen LogP contribution in [0.5, 0.6) is 69.0 Å². The van der Waals surface area contributed by atoms with Crippen molar-refractivity contribution in [2.24, 2.45) is 0 Å². The third kappa shape index (κ3) is 31.7. The molecule has 0 spiro atoms. The maximum atomic E-state index is 12.4. The lowest BCUT2D eigenvalue weighted by Crippen LogP contribution is -2.06. The Morgan fingerprint density at radius 2 is 0.659 bits per heavy atom. The summed E-state index contributed by atoms with van der Waals surface area (Å²) in [5.74, 6) is 8.89. The minimum absolute atomic E-state index is 0.0350. The molecule has 658 valence electrons. The molecule has 0 aliphatic heterocycles. The molecule has 0 bridgehead atoms. The molecule has 0 aliphatic rings. The molecule has 0 atom stereocenters. The Kier molecular flexibility index (Phi) is 36.3. The Balaban J connectivity index is 0.000000143. The van der Waals surface area contributed by atoms with Crippen molar-refractivity contribution >= 4 is 68.7 Å². The highest BCUT2D eigenvalue weighted by atomic mass is 32.1. The molecule has 29 nitrogen and oxygen atoms in total. The summed E-state index contributed by atoms with van der Waals surface area (Å²) in [7, 11) is 0. The topological polar surface area (TPSA) is 377 Å². The van der Waals surface area contributed by atoms with E-state index in [0.29, 0.717) is 133 Å². The maximum absolute atomic E-state index is 12.4. The van der Waals surface area contributed by atoms with Crippen LogP contribution in [0.4, 0.5) is 0 Å². The lowest BCUT2D eigenvalue weighted by molar-refractivity contribution is 0.0968. The standard InChI is InChI=1S/C19H16N2O2.C18H14N2O2.C17H11N3O2S.C16H14N4O2S.C15H12N4O2S.C15H16N2O2/c1-14-4-2-5-15(10-14)11-19(22)18-12-16(7-9-21-18)23-17-6-3-8-20-13-17;21-18(11-14-5-2-1-3-6-14)17-12-15(8-10-20-17)22-16-7-4-9-19-13-16;1-2-12-11-23-17(20-12)9-16(21)15-8-13(5-7-19-15)22-14-4-3-6-18-10-14;1-2-11-9-23-16(20-11)6-15(21)14-5-12(3-4-19-14)22-13-7-17-10-18-8-13;1-10-8-22-15(19-10)5-14(20)13-4-11(2-3-18-13)21-12-6-16-9-17-7-12;1-2-3-6-15(18)14-10-12(7-9-17-14)19-13-5-4-8-16-11-13/h2-10,12-13H,11H2,1H3;1-10,12-13H,11H2;1,3-8,10-11H,9H2;3-5,7-10H,2,6H2,1H3;2-4,6-9H,5H2,1H3;4-5,7-11H,2-3,6H2,1H3. The second-order valence-corrected chi connectivity index (χ2v) is 30.8. The zero-order chi connectivity index (χ0) is 92.3. The average molecular weight is 1810 g/mol. The molecule has 0 radical (unpaired) electrons. The van der Waals surface area contributed by atoms with Crippen molar-refractivity contribution in [2.45, 2.75) is 85.5 Å². The van der Waals surface area contributed by atoms with Gasteiger partial charge in [-0.25, -0.2) is 34.9 Å². The molecule has 0 aliphatic carbocycles. The van der Waals surface area contributed by atoms with E-state index in [4.69, 9.17) is 34.8 Å². The number of ether oxygens (including phenoxy) is 6. The van der Waals surface area contributed by atoms with Crippen LogP contribution in [-0.2, 0) is 38.5 Å². The van der Waals surface area contributed by atoms with Crippen LogP contribution >= 0.6 is 34.0 Å². The normalized spacial score (nSPS) is 10.3. The molecular formula is C100H83N17O12S3. The fourth-order valence-corrected chi connectivity index (χ4v) is 13.9. The zero-order valence-electron chi connectivity index (χ0n) is 71.7. The van der Waals surface area contributed by atoms with Gasteiger partial charge >= 0.3 is 0 Å². The van der Waals surface area contributed by atoms with Crippen LogP contribution in [0.15, 0.2) is 316 Å². The predicted molar refractivity (Wildman–Crippen MR) is 497 cm³/mol. The minimum Gasteiger partial charge on any atom is -0.456 e. The van der Waals surface area contributed by atoms with Gasteiger partial charge in [-0.05, 0) is 129 Å². The van der Waals surface area contributed by atoms with Crippen molar-refractivity contribution in [1.29, 1.82) is 0 Å². The number of Topliss-reactive ketones (excluding diaryl/α,β-unsaturated/α-hetero) is 6. The Morgan fingerprint density at radius 1 is 0.318 bits per heavy atom. The molecule has 15 aromatic heterocycles. The number of pyridine rings is 10. The molecule has 132 heavy (non-hydrogen) atoms. The zero-order valence-corrected chi connectivity index (χ0v) is 74.1. The van der Waals surface area contributed by atoms with Gasteiger partial charge in [0.2, 0.25) is 0 Å². The van der Waals surface area contributed by atoms with Crippen LogP contribution in [0.3, 0.4) is 0 Å². The number of hydrogen-bond acceptors (Lipinski definition) is 32. The second-order valence-electron chi connectivity index (χ2n) is 28.0. The Bertz CT molecular complexity index is 6630. The third-order valence-electron chi connectivity index (χ3n) is 17.8. The lowest BCUT2D eigenvalue weighted by Gasteiger charge is -2.06. The molecule has 0 fully saturated rings. The van der Waals surface area contributed by atoms with Gasteiger partial charge in [0.25, 0.3) is 0 Å². The number of terminal acetylenes is 1. The number of unbranched alkanes of at least 4 members (excludes halogenated alkanes) is 1. The summed E-state index contributed by atoms with van der Waals surface area (Å²) in [6.07, 6.45) is 41.4. The van der Waals surface area contributed by atoms with Crippen LogP contribution in [0.25, 0.3) is 0 Å². The molecule has 17 aromatic rings. The van der Waals surface area contributed by atoms with Gasteiger partial charge in [-0.3, -0.25) is 78.6 Å². The Labute approximate surface area is 771 Å². The highest BCUT2D eigenvalue weighted by Crippen LogP contribution is 2.29. The first kappa shape index (κ1) is 94.5. The van der Waals surface area contributed by atoms with Crippen molar-refractivity contribution in [3.63, 3.8) is 0 Å². The monoisotopic (exact) mass is 1810 g/mol. The molecule has 15 heterocycles. The van der Waals surface area contributed by atoms with Crippen molar-refractivity contribution in [3.05, 3.63) is 399 Å². The number of carbonyl (C=O) groups is 6. The number of rotatable bonds is 32. The van der Waals surface area contributed by atoms with Crippen LogP contribution in [0.2, 0.25) is 0 Å². The summed E-state index contributed by atoms with van der Waals surface area (Å²) in [5, 5.41) is 7.90. The highest BCUT2D eigenvalue weighted by molar-refractivity contribution is 7.10. The van der Waals surface area contributed by atoms with E-state index in [0.717, 1.165) is 57.4 Å². The van der Waals surface area contributed by atoms with Gasteiger partial charge in [-0.1, -0.05) is 80.4 Å². The first-order valence-corrected chi connectivity index (χ1v) is 43.6. The Morgan fingerprint density at radius 3 is 1.00 bits per heavy atom. The van der Waals surface area contributed by atoms with Crippen molar-refractivity contribution < 1.29 is 57.2 Å². The van der Waals surface area contributed by atoms with E-state index in [2.05, 4.69) is 97.6 Å². The Hall–Kier alpha value is -16.6. The van der Waals surface area contributed by atoms with Gasteiger partial charge in [-0.2, -0.15) is 0 Å². The summed E-state index contributed by atoms with van der Waals surface area (Å²) >= 11 is 4.33. The van der Waals surface area contributed by atoms with E-state index < -0.39 is 0 Å². The van der Waals surface area contributed by atoms with Crippen LogP contribution in [0, 0.1) is 26.2 Å². The summed E-state index contributed by atoms with van der Waals surface area (Å²) < 4.78 is 33.8. The third-order valence-corrected chi connectivity index (χ3v) is 20.5. The van der Waals surface area contributed by atoms with E-state index in [1.807, 2.05) is 98.3 Å². The number of carbonyl (C=O) groups excluding carboxylic acids is 6. The predicted octanol–water partition coefficient (Wildman–Crippen LogP) is 20.4. The number of aryl methyl sites for hydroxylation is 3. The van der Waals surface area contributed by atoms with Crippen LogP contribution in [-0.4, -0.2) is 119 Å². The lowest BCUT2D eigenvalue weighted by atomic mass is 10.0. The average Bonchev–Trinajstić information content (AvgIpc) is 1.62. The molecule has 0 saturated heterocycles. The first-order chi connectivity index (χ1) is 64.5. The number of benzene rings is 2. The highest BCUT2D eigenvalue weighted by Gasteiger charge is 2.19. The SMILES string of the molecule is C#Cc1csc(CC(=O)c2cc(Oc3cccnc3)ccn2)n1.CCCCC(=O)c1cc(Oc2cccnc2)ccn1.CCc1csc(CC(=O)c2cc(Oc3cncnc3)ccn2)n1.Cc1cccc(CC(=O)c2cc(Oc3cccnc3)ccn2)c1.Cc1csc(CC(=O)c2cc(Oc3cncnc3)ccn2)n1.O=C(Cc1ccccc1)c1cc(Oc2cccnc2)ccn1. The molecule has 0 unspecified atom stereocenters. The quantitative estimate of drug-likeness (QED) is 0.0279. The summed E-state index contributed by atoms with van der Waals surface area (Å²) in [4.78, 5) is 142. The number of aromatic nitrogens is 17. The minimum atomic E-state index is -0.139. The number of ketones is 6. The fraction of sp³-hybridized carbons (Fsp3) is 0.130. The van der Waals surface area contributed by atoms with E-state index >= 15 is 0 Å². The van der Waals surface area contributed by atoms with Gasteiger partial charge in [0, 0.05) is 139 Å². The van der Waals surface area contributed by atoms with E-state index in [1.54, 1.807) is 220 Å². The summed E-state index contributed by atoms with van der Waals surface area (Å²) in [5.41, 5.74) is 7.82. The first-order valence-electron chi connectivity index (χ1n) is 41.0. The van der Waals surface area contributed by atoms with Gasteiger partial charge in [0.05, 0.1) is 74.5 Å². The van der Waals surface area contributed by atoms with Gasteiger partial charge < -0.3 is 28.4 Å². The molecule has 32 heteroatoms. The molecule has 0 N–H and O–H groups in total. The van der Waals surface area contributed by atoms with Crippen LogP contribution in [0.1, 0.15) is 145 Å². The molecule has 17 rings (SSSR count). The largest absolute Gasteiger partial charge is 0.456 e. The van der Waals surface area contributed by atoms with E-state index in [9.17, 15) is 28.8 Å². The van der Waals surface area contributed by atoms with Crippen LogP contribution < -0.4 is 28.4 Å². The number of hydrogen-bond donors (Lipinski definition) is 0. The fourth-order valence-electron chi connectivity index (χ4n) is 11.5. The second kappa shape index (κ2) is 50.6. The molecule has 0 amide bonds. The van der Waals surface area contributed by atoms with E-state index in [-0.39, 0.29) is 54.0 Å². The number of nitrogens with zero attached hydrogens (tertiary/aromatic N) is 17. The van der Waals surface area contributed by atoms with Crippen molar-refractivity contribution in [2.75, 3.05) is 0 Å². The summed E-state index contributed by atoms with van der Waals surface area (Å²) in [6, 6.07) is 51.9. The molecule has 2 aromatic carbocycles. The van der Waals surface area contributed by atoms with Gasteiger partial charge in [0.1, 0.15) is 125 Å². The number of thiazole rings is 3. The molecule has 0 saturated carbocycles. The van der Waals surface area contributed by atoms with Crippen molar-refractivity contribution in [3.8, 4) is 81.3 Å². The molecular weight excluding hydrogens is 1730 g/mol. The van der Waals surface area contributed by atoms with Gasteiger partial charge in [0.15, 0.2) is 46.2 Å².